The highest BCUT2D eigenvalue weighted by atomic mass is 16.2. The molecule has 6 heteroatoms. The first-order valence-corrected chi connectivity index (χ1v) is 8.43. The molecule has 1 aliphatic heterocycles. The third-order valence-corrected chi connectivity index (χ3v) is 4.52. The number of nitrogens with zero attached hydrogens (tertiary/aromatic N) is 5. The predicted octanol–water partition coefficient (Wildman–Crippen LogP) is 2.89. The molecular formula is C19H21N5O. The van der Waals surface area contributed by atoms with Crippen LogP contribution in [0.1, 0.15) is 54.0 Å². The Balaban J connectivity index is 1.67. The smallest absolute Gasteiger partial charge is 0.273 e. The molecule has 0 N–H and O–H groups in total. The lowest BCUT2D eigenvalue weighted by Gasteiger charge is -2.16. The SMILES string of the molecule is Cc1nc2ccccn2c1C(=O)N1Cc2cnc(C(C)(C)C)nc2C1. The molecule has 0 saturated heterocycles. The van der Waals surface area contributed by atoms with Gasteiger partial charge in [0.2, 0.25) is 0 Å². The van der Waals surface area contributed by atoms with E-state index < -0.39 is 0 Å². The molecule has 0 bridgehead atoms. The Kier molecular flexibility index (Phi) is 3.39. The zero-order chi connectivity index (χ0) is 17.8. The third-order valence-electron chi connectivity index (χ3n) is 4.52. The molecule has 4 rings (SSSR count). The van der Waals surface area contributed by atoms with Gasteiger partial charge in [-0.15, -0.1) is 0 Å². The van der Waals surface area contributed by atoms with E-state index in [1.165, 1.54) is 0 Å². The molecule has 0 atom stereocenters. The number of fused-ring (bicyclic) bond motifs is 2. The minimum atomic E-state index is -0.106. The molecule has 0 unspecified atom stereocenters. The van der Waals surface area contributed by atoms with Crippen LogP contribution in [0.3, 0.4) is 0 Å². The molecule has 4 heterocycles. The number of pyridine rings is 1. The van der Waals surface area contributed by atoms with Gasteiger partial charge in [-0.1, -0.05) is 26.8 Å². The number of rotatable bonds is 1. The highest BCUT2D eigenvalue weighted by molar-refractivity contribution is 5.95. The van der Waals surface area contributed by atoms with Crippen LogP contribution in [0.15, 0.2) is 30.6 Å². The van der Waals surface area contributed by atoms with Gasteiger partial charge in [0.05, 0.1) is 17.9 Å². The Bertz CT molecular complexity index is 983. The molecule has 0 spiro atoms. The zero-order valence-electron chi connectivity index (χ0n) is 14.9. The maximum Gasteiger partial charge on any atom is 0.273 e. The maximum absolute atomic E-state index is 13.1. The molecule has 0 radical (unpaired) electrons. The summed E-state index contributed by atoms with van der Waals surface area (Å²) in [6.07, 6.45) is 3.74. The fourth-order valence-corrected chi connectivity index (χ4v) is 3.18. The van der Waals surface area contributed by atoms with Gasteiger partial charge in [0.25, 0.3) is 5.91 Å². The summed E-state index contributed by atoms with van der Waals surface area (Å²) >= 11 is 0. The summed E-state index contributed by atoms with van der Waals surface area (Å²) < 4.78 is 1.85. The number of amides is 1. The highest BCUT2D eigenvalue weighted by Crippen LogP contribution is 2.26. The second-order valence-corrected chi connectivity index (χ2v) is 7.55. The monoisotopic (exact) mass is 335 g/mol. The summed E-state index contributed by atoms with van der Waals surface area (Å²) in [7, 11) is 0. The zero-order valence-corrected chi connectivity index (χ0v) is 14.9. The highest BCUT2D eigenvalue weighted by Gasteiger charge is 2.30. The Morgan fingerprint density at radius 2 is 1.96 bits per heavy atom. The van der Waals surface area contributed by atoms with Crippen molar-refractivity contribution in [1.82, 2.24) is 24.3 Å². The van der Waals surface area contributed by atoms with Gasteiger partial charge in [0.1, 0.15) is 17.2 Å². The molecule has 0 saturated carbocycles. The summed E-state index contributed by atoms with van der Waals surface area (Å²) in [6, 6.07) is 5.74. The number of imidazole rings is 1. The quantitative estimate of drug-likeness (QED) is 0.686. The van der Waals surface area contributed by atoms with Gasteiger partial charge in [0.15, 0.2) is 0 Å². The number of carbonyl (C=O) groups excluding carboxylic acids is 1. The van der Waals surface area contributed by atoms with Crippen molar-refractivity contribution in [2.24, 2.45) is 0 Å². The topological polar surface area (TPSA) is 63.4 Å². The number of carbonyl (C=O) groups is 1. The lowest BCUT2D eigenvalue weighted by molar-refractivity contribution is 0.0742. The van der Waals surface area contributed by atoms with Crippen molar-refractivity contribution in [3.05, 3.63) is 59.1 Å². The molecule has 1 amide bonds. The molecule has 6 nitrogen and oxygen atoms in total. The molecule has 0 fully saturated rings. The van der Waals surface area contributed by atoms with Gasteiger partial charge < -0.3 is 4.90 Å². The van der Waals surface area contributed by atoms with Crippen LogP contribution in [0, 0.1) is 6.92 Å². The summed E-state index contributed by atoms with van der Waals surface area (Å²) in [5.41, 5.74) is 4.01. The van der Waals surface area contributed by atoms with E-state index in [1.807, 2.05) is 46.8 Å². The fraction of sp³-hybridized carbons (Fsp3) is 0.368. The van der Waals surface area contributed by atoms with Gasteiger partial charge in [-0.2, -0.15) is 0 Å². The Morgan fingerprint density at radius 3 is 2.72 bits per heavy atom. The van der Waals surface area contributed by atoms with Crippen LogP contribution in [-0.2, 0) is 18.5 Å². The van der Waals surface area contributed by atoms with Crippen molar-refractivity contribution < 1.29 is 4.79 Å². The average molecular weight is 335 g/mol. The van der Waals surface area contributed by atoms with Crippen LogP contribution in [0.5, 0.6) is 0 Å². The van der Waals surface area contributed by atoms with Crippen molar-refractivity contribution >= 4 is 11.6 Å². The van der Waals surface area contributed by atoms with Crippen molar-refractivity contribution in [2.45, 2.75) is 46.2 Å². The Labute approximate surface area is 146 Å². The predicted molar refractivity (Wildman–Crippen MR) is 94.2 cm³/mol. The lowest BCUT2D eigenvalue weighted by Crippen LogP contribution is -2.27. The standard InChI is InChI=1S/C19H21N5O/c1-12-16(24-8-6-5-7-15(24)21-12)17(25)23-10-13-9-20-18(19(2,3)4)22-14(13)11-23/h5-9H,10-11H2,1-4H3. The van der Waals surface area contributed by atoms with Crippen molar-refractivity contribution in [3.63, 3.8) is 0 Å². The van der Waals surface area contributed by atoms with E-state index >= 15 is 0 Å². The minimum Gasteiger partial charge on any atom is -0.327 e. The molecule has 128 valence electrons. The van der Waals surface area contributed by atoms with Gasteiger partial charge in [-0.3, -0.25) is 9.20 Å². The normalized spacial score (nSPS) is 14.2. The third kappa shape index (κ3) is 2.58. The minimum absolute atomic E-state index is 0.0218. The van der Waals surface area contributed by atoms with Crippen LogP contribution in [0.4, 0.5) is 0 Å². The van der Waals surface area contributed by atoms with E-state index in [9.17, 15) is 4.79 Å². The molecule has 3 aromatic heterocycles. The maximum atomic E-state index is 13.1. The second kappa shape index (κ2) is 5.37. The molecule has 1 aliphatic rings. The molecule has 3 aromatic rings. The van der Waals surface area contributed by atoms with Gasteiger partial charge in [0, 0.05) is 29.9 Å². The number of hydrogen-bond acceptors (Lipinski definition) is 4. The Hall–Kier alpha value is -2.76. The van der Waals surface area contributed by atoms with Gasteiger partial charge >= 0.3 is 0 Å². The van der Waals surface area contributed by atoms with Crippen molar-refractivity contribution in [2.75, 3.05) is 0 Å². The van der Waals surface area contributed by atoms with Gasteiger partial charge in [-0.25, -0.2) is 15.0 Å². The summed E-state index contributed by atoms with van der Waals surface area (Å²) in [6.45, 7) is 9.20. The summed E-state index contributed by atoms with van der Waals surface area (Å²) in [5.74, 6) is 0.790. The van der Waals surface area contributed by atoms with E-state index in [-0.39, 0.29) is 11.3 Å². The first-order chi connectivity index (χ1) is 11.8. The second-order valence-electron chi connectivity index (χ2n) is 7.55. The van der Waals surface area contributed by atoms with Crippen LogP contribution in [-0.4, -0.2) is 30.2 Å². The Morgan fingerprint density at radius 1 is 1.16 bits per heavy atom. The van der Waals surface area contributed by atoms with E-state index in [0.29, 0.717) is 18.8 Å². The molecular weight excluding hydrogens is 314 g/mol. The van der Waals surface area contributed by atoms with Crippen LogP contribution in [0.2, 0.25) is 0 Å². The fourth-order valence-electron chi connectivity index (χ4n) is 3.18. The summed E-state index contributed by atoms with van der Waals surface area (Å²) in [5, 5.41) is 0. The summed E-state index contributed by atoms with van der Waals surface area (Å²) in [4.78, 5) is 28.6. The number of aryl methyl sites for hydroxylation is 1. The number of hydrogen-bond donors (Lipinski definition) is 0. The molecule has 25 heavy (non-hydrogen) atoms. The average Bonchev–Trinajstić information content (AvgIpc) is 3.12. The van der Waals surface area contributed by atoms with Gasteiger partial charge in [-0.05, 0) is 19.1 Å². The van der Waals surface area contributed by atoms with Crippen molar-refractivity contribution in [1.29, 1.82) is 0 Å². The first-order valence-electron chi connectivity index (χ1n) is 8.43. The molecule has 0 aromatic carbocycles. The largest absolute Gasteiger partial charge is 0.327 e. The van der Waals surface area contributed by atoms with E-state index in [1.54, 1.807) is 0 Å². The molecule has 0 aliphatic carbocycles. The van der Waals surface area contributed by atoms with E-state index in [4.69, 9.17) is 4.98 Å². The lowest BCUT2D eigenvalue weighted by atomic mass is 9.95. The number of aromatic nitrogens is 4. The van der Waals surface area contributed by atoms with E-state index in [0.717, 1.165) is 28.4 Å². The first kappa shape index (κ1) is 15.7. The van der Waals surface area contributed by atoms with Crippen LogP contribution >= 0.6 is 0 Å². The van der Waals surface area contributed by atoms with Crippen LogP contribution in [0.25, 0.3) is 5.65 Å². The van der Waals surface area contributed by atoms with E-state index in [2.05, 4.69) is 30.7 Å². The van der Waals surface area contributed by atoms with Crippen molar-refractivity contribution in [3.8, 4) is 0 Å². The van der Waals surface area contributed by atoms with Crippen LogP contribution < -0.4 is 0 Å².